The molecular formula is C19H29N5O. The fraction of sp³-hybridized carbons (Fsp3) is 0.737. The van der Waals surface area contributed by atoms with Gasteiger partial charge in [-0.3, -0.25) is 0 Å². The molecule has 2 saturated heterocycles. The molecule has 136 valence electrons. The van der Waals surface area contributed by atoms with Crippen molar-refractivity contribution >= 4 is 11.8 Å². The van der Waals surface area contributed by atoms with Crippen molar-refractivity contribution in [2.45, 2.75) is 51.5 Å². The summed E-state index contributed by atoms with van der Waals surface area (Å²) in [5.41, 5.74) is 1.10. The maximum Gasteiger partial charge on any atom is 0.317 e. The summed E-state index contributed by atoms with van der Waals surface area (Å²) in [4.78, 5) is 25.7. The van der Waals surface area contributed by atoms with E-state index in [0.29, 0.717) is 23.8 Å². The van der Waals surface area contributed by atoms with Crippen LogP contribution in [-0.2, 0) is 0 Å². The maximum atomic E-state index is 12.5. The minimum Gasteiger partial charge on any atom is -0.356 e. The Morgan fingerprint density at radius 3 is 2.44 bits per heavy atom. The molecule has 3 heterocycles. The first-order valence-corrected chi connectivity index (χ1v) is 9.72. The Morgan fingerprint density at radius 1 is 1.12 bits per heavy atom. The van der Waals surface area contributed by atoms with Crippen molar-refractivity contribution in [1.29, 1.82) is 0 Å². The van der Waals surface area contributed by atoms with Gasteiger partial charge in [-0.2, -0.15) is 0 Å². The van der Waals surface area contributed by atoms with E-state index in [2.05, 4.69) is 40.1 Å². The first-order chi connectivity index (χ1) is 12.1. The lowest BCUT2D eigenvalue weighted by Crippen LogP contribution is -2.44. The molecule has 25 heavy (non-hydrogen) atoms. The van der Waals surface area contributed by atoms with E-state index >= 15 is 0 Å². The normalized spacial score (nSPS) is 26.5. The van der Waals surface area contributed by atoms with Crippen molar-refractivity contribution in [3.05, 3.63) is 18.1 Å². The van der Waals surface area contributed by atoms with Crippen LogP contribution in [0.3, 0.4) is 0 Å². The van der Waals surface area contributed by atoms with Crippen molar-refractivity contribution < 1.29 is 4.79 Å². The van der Waals surface area contributed by atoms with Crippen LogP contribution in [0, 0.1) is 11.8 Å². The number of amides is 2. The van der Waals surface area contributed by atoms with Gasteiger partial charge in [0.2, 0.25) is 0 Å². The van der Waals surface area contributed by atoms with Gasteiger partial charge in [-0.25, -0.2) is 14.8 Å². The summed E-state index contributed by atoms with van der Waals surface area (Å²) >= 11 is 0. The molecule has 2 atom stereocenters. The highest BCUT2D eigenvalue weighted by atomic mass is 16.2. The van der Waals surface area contributed by atoms with Gasteiger partial charge < -0.3 is 15.1 Å². The monoisotopic (exact) mass is 343 g/mol. The van der Waals surface area contributed by atoms with Crippen molar-refractivity contribution in [2.24, 2.45) is 11.8 Å². The molecule has 1 saturated carbocycles. The Labute approximate surface area is 150 Å². The number of urea groups is 1. The molecule has 3 aliphatic rings. The number of fused-ring (bicyclic) bond motifs is 1. The molecule has 0 radical (unpaired) electrons. The van der Waals surface area contributed by atoms with E-state index in [1.807, 2.05) is 4.90 Å². The van der Waals surface area contributed by atoms with Crippen LogP contribution < -0.4 is 10.2 Å². The average molecular weight is 343 g/mol. The summed E-state index contributed by atoms with van der Waals surface area (Å²) < 4.78 is 0. The van der Waals surface area contributed by atoms with E-state index in [9.17, 15) is 4.79 Å². The second-order valence-corrected chi connectivity index (χ2v) is 8.22. The summed E-state index contributed by atoms with van der Waals surface area (Å²) in [6.07, 6.45) is 6.48. The smallest absolute Gasteiger partial charge is 0.317 e. The summed E-state index contributed by atoms with van der Waals surface area (Å²) in [6, 6.07) is 2.67. The van der Waals surface area contributed by atoms with Crippen molar-refractivity contribution in [3.63, 3.8) is 0 Å². The third-order valence-corrected chi connectivity index (χ3v) is 6.05. The SMILES string of the molecule is CC(C)c1cc(N2CC3CN(C(=O)NC4CCCC4)CC3C2)ncn1. The molecule has 0 aromatic carbocycles. The largest absolute Gasteiger partial charge is 0.356 e. The quantitative estimate of drug-likeness (QED) is 0.916. The van der Waals surface area contributed by atoms with Crippen LogP contribution in [0.4, 0.5) is 10.6 Å². The first kappa shape index (κ1) is 16.6. The number of anilines is 1. The molecule has 1 N–H and O–H groups in total. The zero-order valence-electron chi connectivity index (χ0n) is 15.3. The standard InChI is InChI=1S/C19H29N5O/c1-13(2)17-7-18(21-12-20-17)23-8-14-10-24(11-15(14)9-23)19(25)22-16-5-3-4-6-16/h7,12-16H,3-6,8-11H2,1-2H3,(H,22,25). The Morgan fingerprint density at radius 2 is 1.80 bits per heavy atom. The summed E-state index contributed by atoms with van der Waals surface area (Å²) in [5, 5.41) is 3.23. The van der Waals surface area contributed by atoms with Gasteiger partial charge in [-0.15, -0.1) is 0 Å². The summed E-state index contributed by atoms with van der Waals surface area (Å²) in [6.45, 7) is 8.06. The number of carbonyl (C=O) groups is 1. The van der Waals surface area contributed by atoms with Crippen LogP contribution in [0.1, 0.15) is 51.1 Å². The lowest BCUT2D eigenvalue weighted by molar-refractivity contribution is 0.201. The molecule has 0 spiro atoms. The van der Waals surface area contributed by atoms with E-state index in [-0.39, 0.29) is 6.03 Å². The second kappa shape index (κ2) is 6.81. The van der Waals surface area contributed by atoms with Gasteiger partial charge in [0.15, 0.2) is 0 Å². The number of nitrogens with zero attached hydrogens (tertiary/aromatic N) is 4. The molecule has 2 amide bonds. The molecular weight excluding hydrogens is 314 g/mol. The molecule has 6 nitrogen and oxygen atoms in total. The van der Waals surface area contributed by atoms with Gasteiger partial charge in [-0.05, 0) is 18.8 Å². The van der Waals surface area contributed by atoms with Gasteiger partial charge >= 0.3 is 6.03 Å². The Hall–Kier alpha value is -1.85. The van der Waals surface area contributed by atoms with Crippen LogP contribution in [0.2, 0.25) is 0 Å². The minimum absolute atomic E-state index is 0.150. The molecule has 3 fully saturated rings. The number of carbonyl (C=O) groups excluding carboxylic acids is 1. The third-order valence-electron chi connectivity index (χ3n) is 6.05. The lowest BCUT2D eigenvalue weighted by atomic mass is 10.0. The average Bonchev–Trinajstić information content (AvgIpc) is 3.30. The molecule has 6 heteroatoms. The molecule has 2 unspecified atom stereocenters. The van der Waals surface area contributed by atoms with Gasteiger partial charge in [0.1, 0.15) is 12.1 Å². The molecule has 1 aliphatic carbocycles. The number of aromatic nitrogens is 2. The number of hydrogen-bond donors (Lipinski definition) is 1. The molecule has 1 aromatic heterocycles. The van der Waals surface area contributed by atoms with Gasteiger partial charge in [0, 0.05) is 55.8 Å². The first-order valence-electron chi connectivity index (χ1n) is 9.72. The topological polar surface area (TPSA) is 61.4 Å². The highest BCUT2D eigenvalue weighted by Crippen LogP contribution is 2.34. The molecule has 0 bridgehead atoms. The number of rotatable bonds is 3. The summed E-state index contributed by atoms with van der Waals surface area (Å²) in [7, 11) is 0. The number of hydrogen-bond acceptors (Lipinski definition) is 4. The van der Waals surface area contributed by atoms with Crippen LogP contribution in [0.15, 0.2) is 12.4 Å². The molecule has 1 aromatic rings. The van der Waals surface area contributed by atoms with Crippen molar-refractivity contribution in [1.82, 2.24) is 20.2 Å². The Bertz CT molecular complexity index is 614. The Balaban J connectivity index is 1.34. The van der Waals surface area contributed by atoms with Gasteiger partial charge in [-0.1, -0.05) is 26.7 Å². The minimum atomic E-state index is 0.150. The fourth-order valence-corrected chi connectivity index (χ4v) is 4.53. The summed E-state index contributed by atoms with van der Waals surface area (Å²) in [5.74, 6) is 2.58. The second-order valence-electron chi connectivity index (χ2n) is 8.22. The highest BCUT2D eigenvalue weighted by Gasteiger charge is 2.42. The van der Waals surface area contributed by atoms with Crippen molar-refractivity contribution in [3.8, 4) is 0 Å². The highest BCUT2D eigenvalue weighted by molar-refractivity contribution is 5.75. The molecule has 4 rings (SSSR count). The predicted octanol–water partition coefficient (Wildman–Crippen LogP) is 2.62. The predicted molar refractivity (Wildman–Crippen MR) is 97.7 cm³/mol. The van der Waals surface area contributed by atoms with Crippen LogP contribution in [-0.4, -0.2) is 53.1 Å². The van der Waals surface area contributed by atoms with E-state index in [4.69, 9.17) is 0 Å². The molecule has 2 aliphatic heterocycles. The van der Waals surface area contributed by atoms with Crippen LogP contribution in [0.25, 0.3) is 0 Å². The lowest BCUT2D eigenvalue weighted by Gasteiger charge is -2.24. The van der Waals surface area contributed by atoms with Gasteiger partial charge in [0.05, 0.1) is 0 Å². The number of likely N-dealkylation sites (tertiary alicyclic amines) is 1. The van der Waals surface area contributed by atoms with E-state index in [1.54, 1.807) is 6.33 Å². The zero-order valence-corrected chi connectivity index (χ0v) is 15.3. The van der Waals surface area contributed by atoms with E-state index in [0.717, 1.165) is 50.5 Å². The van der Waals surface area contributed by atoms with E-state index < -0.39 is 0 Å². The third kappa shape index (κ3) is 3.44. The van der Waals surface area contributed by atoms with Gasteiger partial charge in [0.25, 0.3) is 0 Å². The fourth-order valence-electron chi connectivity index (χ4n) is 4.53. The maximum absolute atomic E-state index is 12.5. The zero-order chi connectivity index (χ0) is 17.4. The van der Waals surface area contributed by atoms with E-state index in [1.165, 1.54) is 12.8 Å². The van der Waals surface area contributed by atoms with Crippen LogP contribution >= 0.6 is 0 Å². The Kier molecular flexibility index (Phi) is 4.52. The van der Waals surface area contributed by atoms with Crippen molar-refractivity contribution in [2.75, 3.05) is 31.1 Å². The van der Waals surface area contributed by atoms with Crippen LogP contribution in [0.5, 0.6) is 0 Å². The number of nitrogens with one attached hydrogen (secondary N) is 1.